The van der Waals surface area contributed by atoms with Gasteiger partial charge in [0.25, 0.3) is 0 Å². The topological polar surface area (TPSA) is 150 Å². The zero-order valence-electron chi connectivity index (χ0n) is 19.4. The molecule has 3 aromatic carbocycles. The van der Waals surface area contributed by atoms with Gasteiger partial charge in [0, 0.05) is 11.1 Å². The average molecular weight is 476 g/mol. The Hall–Kier alpha value is -4.98. The lowest BCUT2D eigenvalue weighted by Gasteiger charge is -2.13. The molecule has 5 rings (SSSR count). The molecule has 36 heavy (non-hydrogen) atoms. The monoisotopic (exact) mass is 475 g/mol. The standard InChI is InChI=1S/C28H25N7O/c29-25(30)20-10-6-18(7-11-20)23-15-32-27(34-23)22(14-17-4-2-1-3-5-17)28-33-16-24(35-28)19-8-12-21(13-9-19)26(31)36/h1-13,15-16,22H,14H2,(H3,29,30)(H2,31,36)(H,32,34)(H,33,35). The van der Waals surface area contributed by atoms with Crippen LogP contribution in [0.3, 0.4) is 0 Å². The van der Waals surface area contributed by atoms with Crippen molar-refractivity contribution >= 4 is 11.7 Å². The van der Waals surface area contributed by atoms with Crippen molar-refractivity contribution in [2.24, 2.45) is 11.5 Å². The summed E-state index contributed by atoms with van der Waals surface area (Å²) in [4.78, 5) is 27.7. The van der Waals surface area contributed by atoms with E-state index in [0.29, 0.717) is 17.5 Å². The molecule has 1 unspecified atom stereocenters. The minimum Gasteiger partial charge on any atom is -0.384 e. The van der Waals surface area contributed by atoms with Crippen LogP contribution >= 0.6 is 0 Å². The number of carbonyl (C=O) groups excluding carboxylic acids is 1. The summed E-state index contributed by atoms with van der Waals surface area (Å²) in [6, 6.07) is 24.8. The van der Waals surface area contributed by atoms with Crippen LogP contribution in [0.2, 0.25) is 0 Å². The van der Waals surface area contributed by atoms with E-state index in [1.54, 1.807) is 18.3 Å². The number of nitrogens with one attached hydrogen (secondary N) is 3. The van der Waals surface area contributed by atoms with Crippen LogP contribution in [0.5, 0.6) is 0 Å². The Morgan fingerprint density at radius 3 is 1.72 bits per heavy atom. The fraction of sp³-hybridized carbons (Fsp3) is 0.0714. The molecule has 0 aliphatic rings. The summed E-state index contributed by atoms with van der Waals surface area (Å²) in [5.41, 5.74) is 16.8. The molecule has 0 saturated carbocycles. The van der Waals surface area contributed by atoms with E-state index in [1.807, 2.05) is 60.8 Å². The molecule has 0 spiro atoms. The molecule has 5 aromatic rings. The van der Waals surface area contributed by atoms with Crippen molar-refractivity contribution in [2.75, 3.05) is 0 Å². The summed E-state index contributed by atoms with van der Waals surface area (Å²) in [6.07, 6.45) is 4.30. The Kier molecular flexibility index (Phi) is 6.15. The molecule has 2 heterocycles. The van der Waals surface area contributed by atoms with Gasteiger partial charge >= 0.3 is 0 Å². The summed E-state index contributed by atoms with van der Waals surface area (Å²) in [5.74, 6) is 0.999. The average Bonchev–Trinajstić information content (AvgIpc) is 3.59. The first-order valence-electron chi connectivity index (χ1n) is 11.5. The molecular weight excluding hydrogens is 450 g/mol. The second-order valence-electron chi connectivity index (χ2n) is 8.54. The third kappa shape index (κ3) is 4.78. The number of nitrogen functional groups attached to an aromatic ring is 1. The highest BCUT2D eigenvalue weighted by atomic mass is 16.1. The van der Waals surface area contributed by atoms with Crippen LogP contribution in [0, 0.1) is 5.41 Å². The Balaban J connectivity index is 1.47. The van der Waals surface area contributed by atoms with E-state index in [2.05, 4.69) is 22.1 Å². The molecule has 0 bridgehead atoms. The molecule has 178 valence electrons. The number of imidazole rings is 2. The van der Waals surface area contributed by atoms with Crippen LogP contribution in [0.15, 0.2) is 91.3 Å². The Bertz CT molecular complexity index is 1400. The summed E-state index contributed by atoms with van der Waals surface area (Å²) < 4.78 is 0. The number of aromatic nitrogens is 4. The number of carbonyl (C=O) groups is 1. The highest BCUT2D eigenvalue weighted by Gasteiger charge is 2.22. The molecule has 8 heteroatoms. The lowest BCUT2D eigenvalue weighted by molar-refractivity contribution is 0.100. The van der Waals surface area contributed by atoms with Gasteiger partial charge < -0.3 is 21.4 Å². The lowest BCUT2D eigenvalue weighted by atomic mass is 9.98. The summed E-state index contributed by atoms with van der Waals surface area (Å²) in [5, 5.41) is 7.59. The van der Waals surface area contributed by atoms with Gasteiger partial charge in [-0.15, -0.1) is 0 Å². The Morgan fingerprint density at radius 1 is 0.750 bits per heavy atom. The third-order valence-corrected chi connectivity index (χ3v) is 6.12. The number of benzene rings is 3. The molecule has 2 aromatic heterocycles. The SMILES string of the molecule is N=C(N)c1ccc(-c2cnc(C(Cc3ccccc3)c3ncc(-c4ccc(C(N)=O)cc4)[nH]3)[nH]2)cc1. The Labute approximate surface area is 208 Å². The van der Waals surface area contributed by atoms with E-state index in [0.717, 1.165) is 39.7 Å². The zero-order chi connectivity index (χ0) is 25.1. The normalized spacial score (nSPS) is 11.8. The van der Waals surface area contributed by atoms with Crippen molar-refractivity contribution in [2.45, 2.75) is 12.3 Å². The second kappa shape index (κ2) is 9.71. The molecule has 1 amide bonds. The van der Waals surface area contributed by atoms with Crippen molar-refractivity contribution < 1.29 is 4.79 Å². The molecule has 1 atom stereocenters. The number of hydrogen-bond donors (Lipinski definition) is 5. The molecule has 0 radical (unpaired) electrons. The number of nitrogens with zero attached hydrogens (tertiary/aromatic N) is 2. The predicted molar refractivity (Wildman–Crippen MR) is 140 cm³/mol. The van der Waals surface area contributed by atoms with Gasteiger partial charge in [0.05, 0.1) is 29.7 Å². The van der Waals surface area contributed by atoms with Crippen LogP contribution < -0.4 is 11.5 Å². The van der Waals surface area contributed by atoms with E-state index in [4.69, 9.17) is 26.8 Å². The maximum absolute atomic E-state index is 11.4. The van der Waals surface area contributed by atoms with Gasteiger partial charge in [-0.2, -0.15) is 0 Å². The van der Waals surface area contributed by atoms with Gasteiger partial charge in [0.1, 0.15) is 17.5 Å². The maximum atomic E-state index is 11.4. The highest BCUT2D eigenvalue weighted by molar-refractivity contribution is 5.95. The van der Waals surface area contributed by atoms with Gasteiger partial charge in [-0.1, -0.05) is 66.7 Å². The number of H-pyrrole nitrogens is 2. The van der Waals surface area contributed by atoms with Gasteiger partial charge in [0.2, 0.25) is 5.91 Å². The fourth-order valence-electron chi connectivity index (χ4n) is 4.14. The van der Waals surface area contributed by atoms with E-state index in [-0.39, 0.29) is 11.8 Å². The quantitative estimate of drug-likeness (QED) is 0.169. The number of aromatic amines is 2. The van der Waals surface area contributed by atoms with Crippen molar-refractivity contribution in [1.82, 2.24) is 19.9 Å². The van der Waals surface area contributed by atoms with Crippen molar-refractivity contribution in [3.8, 4) is 22.5 Å². The number of nitrogens with two attached hydrogens (primary N) is 2. The predicted octanol–water partition coefficient (Wildman–Crippen LogP) is 4.22. The molecule has 0 saturated heterocycles. The first-order chi connectivity index (χ1) is 17.5. The molecular formula is C28H25N7O. The minimum absolute atomic E-state index is 0.0349. The van der Waals surface area contributed by atoms with Crippen LogP contribution in [0.25, 0.3) is 22.5 Å². The zero-order valence-corrected chi connectivity index (χ0v) is 19.4. The lowest BCUT2D eigenvalue weighted by Crippen LogP contribution is -2.10. The van der Waals surface area contributed by atoms with E-state index in [9.17, 15) is 4.79 Å². The van der Waals surface area contributed by atoms with Crippen LogP contribution in [-0.4, -0.2) is 31.7 Å². The van der Waals surface area contributed by atoms with Crippen molar-refractivity contribution in [1.29, 1.82) is 5.41 Å². The number of amides is 1. The first kappa shape index (κ1) is 22.8. The molecule has 0 fully saturated rings. The summed E-state index contributed by atoms with van der Waals surface area (Å²) in [6.45, 7) is 0. The highest BCUT2D eigenvalue weighted by Crippen LogP contribution is 2.29. The van der Waals surface area contributed by atoms with Crippen molar-refractivity contribution in [3.05, 3.63) is 120 Å². The van der Waals surface area contributed by atoms with E-state index < -0.39 is 5.91 Å². The van der Waals surface area contributed by atoms with Crippen LogP contribution in [-0.2, 0) is 6.42 Å². The Morgan fingerprint density at radius 2 is 1.25 bits per heavy atom. The van der Waals surface area contributed by atoms with Crippen LogP contribution in [0.4, 0.5) is 0 Å². The molecule has 0 aliphatic heterocycles. The fourth-order valence-corrected chi connectivity index (χ4v) is 4.14. The molecule has 8 nitrogen and oxygen atoms in total. The number of rotatable bonds is 8. The summed E-state index contributed by atoms with van der Waals surface area (Å²) in [7, 11) is 0. The number of amidine groups is 1. The third-order valence-electron chi connectivity index (χ3n) is 6.12. The molecule has 7 N–H and O–H groups in total. The molecule has 0 aliphatic carbocycles. The number of hydrogen-bond acceptors (Lipinski definition) is 4. The maximum Gasteiger partial charge on any atom is 0.248 e. The van der Waals surface area contributed by atoms with Gasteiger partial charge in [-0.3, -0.25) is 10.2 Å². The summed E-state index contributed by atoms with van der Waals surface area (Å²) >= 11 is 0. The van der Waals surface area contributed by atoms with Gasteiger partial charge in [-0.05, 0) is 35.2 Å². The second-order valence-corrected chi connectivity index (χ2v) is 8.54. The minimum atomic E-state index is -0.459. The number of primary amides is 1. The smallest absolute Gasteiger partial charge is 0.248 e. The van der Waals surface area contributed by atoms with Gasteiger partial charge in [-0.25, -0.2) is 9.97 Å². The van der Waals surface area contributed by atoms with Crippen LogP contribution in [0.1, 0.15) is 39.1 Å². The van der Waals surface area contributed by atoms with E-state index >= 15 is 0 Å². The largest absolute Gasteiger partial charge is 0.384 e. The van der Waals surface area contributed by atoms with E-state index in [1.165, 1.54) is 0 Å². The van der Waals surface area contributed by atoms with Crippen molar-refractivity contribution in [3.63, 3.8) is 0 Å². The van der Waals surface area contributed by atoms with Gasteiger partial charge in [0.15, 0.2) is 0 Å². The first-order valence-corrected chi connectivity index (χ1v) is 11.5.